The highest BCUT2D eigenvalue weighted by Crippen LogP contribution is 2.17. The van der Waals surface area contributed by atoms with Crippen LogP contribution < -0.4 is 5.32 Å². The Morgan fingerprint density at radius 3 is 2.84 bits per heavy atom. The van der Waals surface area contributed by atoms with Crippen LogP contribution in [0.4, 0.5) is 13.2 Å². The summed E-state index contributed by atoms with van der Waals surface area (Å²) >= 11 is 0. The van der Waals surface area contributed by atoms with Gasteiger partial charge in [-0.2, -0.15) is 13.2 Å². The monoisotopic (exact) mass is 282 g/mol. The lowest BCUT2D eigenvalue weighted by Gasteiger charge is -2.32. The molecule has 1 aliphatic rings. The molecule has 0 bridgehead atoms. The topological polar surface area (TPSA) is 41.6 Å². The summed E-state index contributed by atoms with van der Waals surface area (Å²) in [6.45, 7) is 0.764. The minimum atomic E-state index is -4.33. The second-order valence-electron chi connectivity index (χ2n) is 4.82. The van der Waals surface area contributed by atoms with E-state index >= 15 is 0 Å². The summed E-state index contributed by atoms with van der Waals surface area (Å²) in [7, 11) is 1.87. The van der Waals surface area contributed by atoms with Crippen LogP contribution in [0.25, 0.3) is 0 Å². The number of alkyl halides is 3. The smallest absolute Gasteiger partial charge is 0.372 e. The van der Waals surface area contributed by atoms with Crippen LogP contribution in [-0.2, 0) is 9.53 Å². The minimum Gasteiger partial charge on any atom is -0.372 e. The van der Waals surface area contributed by atoms with Gasteiger partial charge in [0, 0.05) is 13.1 Å². The van der Waals surface area contributed by atoms with Crippen molar-refractivity contribution in [1.82, 2.24) is 10.2 Å². The normalized spacial score (nSPS) is 20.6. The van der Waals surface area contributed by atoms with Crippen LogP contribution in [0.15, 0.2) is 0 Å². The molecule has 0 aliphatic carbocycles. The third-order valence-corrected chi connectivity index (χ3v) is 3.09. The summed E-state index contributed by atoms with van der Waals surface area (Å²) in [6, 6.07) is 0. The van der Waals surface area contributed by atoms with E-state index in [1.807, 2.05) is 7.05 Å². The first-order chi connectivity index (χ1) is 8.92. The first kappa shape index (κ1) is 16.2. The van der Waals surface area contributed by atoms with E-state index in [1.165, 1.54) is 0 Å². The second-order valence-corrected chi connectivity index (χ2v) is 4.82. The zero-order valence-corrected chi connectivity index (χ0v) is 11.1. The SMILES string of the molecule is CNCC1CCCN(C(=O)CCOCC(F)(F)F)C1. The van der Waals surface area contributed by atoms with Gasteiger partial charge in [0.25, 0.3) is 0 Å². The van der Waals surface area contributed by atoms with Gasteiger partial charge in [-0.05, 0) is 32.4 Å². The number of likely N-dealkylation sites (tertiary alicyclic amines) is 1. The molecule has 7 heteroatoms. The zero-order chi connectivity index (χ0) is 14.3. The van der Waals surface area contributed by atoms with Crippen molar-refractivity contribution in [3.63, 3.8) is 0 Å². The van der Waals surface area contributed by atoms with Crippen molar-refractivity contribution in [3.05, 3.63) is 0 Å². The maximum absolute atomic E-state index is 11.8. The van der Waals surface area contributed by atoms with Crippen molar-refractivity contribution < 1.29 is 22.7 Å². The molecule has 0 aromatic rings. The average molecular weight is 282 g/mol. The number of rotatable bonds is 6. The number of nitrogens with one attached hydrogen (secondary N) is 1. The van der Waals surface area contributed by atoms with E-state index in [1.54, 1.807) is 4.90 Å². The highest BCUT2D eigenvalue weighted by molar-refractivity contribution is 5.76. The number of carbonyl (C=O) groups excluding carboxylic acids is 1. The van der Waals surface area contributed by atoms with Crippen LogP contribution in [0.3, 0.4) is 0 Å². The molecular formula is C12H21F3N2O2. The zero-order valence-electron chi connectivity index (χ0n) is 11.1. The number of piperidine rings is 1. The summed E-state index contributed by atoms with van der Waals surface area (Å²) in [5.41, 5.74) is 0. The number of amides is 1. The summed E-state index contributed by atoms with van der Waals surface area (Å²) < 4.78 is 40.0. The molecule has 0 saturated carbocycles. The van der Waals surface area contributed by atoms with E-state index in [-0.39, 0.29) is 18.9 Å². The van der Waals surface area contributed by atoms with Crippen molar-refractivity contribution in [1.29, 1.82) is 0 Å². The Hall–Kier alpha value is -0.820. The number of ether oxygens (including phenoxy) is 1. The van der Waals surface area contributed by atoms with Crippen LogP contribution in [0.1, 0.15) is 19.3 Å². The van der Waals surface area contributed by atoms with Crippen molar-refractivity contribution in [2.75, 3.05) is 39.9 Å². The van der Waals surface area contributed by atoms with Crippen molar-refractivity contribution >= 4 is 5.91 Å². The molecule has 0 aromatic heterocycles. The van der Waals surface area contributed by atoms with Gasteiger partial charge in [0.05, 0.1) is 13.0 Å². The standard InChI is InChI=1S/C12H21F3N2O2/c1-16-7-10-3-2-5-17(8-10)11(18)4-6-19-9-12(13,14)15/h10,16H,2-9H2,1H3. The Morgan fingerprint density at radius 2 is 2.21 bits per heavy atom. The second kappa shape index (κ2) is 7.69. The van der Waals surface area contributed by atoms with Gasteiger partial charge in [-0.25, -0.2) is 0 Å². The third kappa shape index (κ3) is 6.77. The predicted octanol–water partition coefficient (Wildman–Crippen LogP) is 1.41. The summed E-state index contributed by atoms with van der Waals surface area (Å²) in [6.07, 6.45) is -2.29. The molecule has 1 aliphatic heterocycles. The lowest BCUT2D eigenvalue weighted by Crippen LogP contribution is -2.42. The van der Waals surface area contributed by atoms with Gasteiger partial charge in [-0.1, -0.05) is 0 Å². The molecule has 4 nitrogen and oxygen atoms in total. The Bertz CT molecular complexity index is 283. The fourth-order valence-corrected chi connectivity index (χ4v) is 2.25. The molecule has 19 heavy (non-hydrogen) atoms. The van der Waals surface area contributed by atoms with Crippen molar-refractivity contribution in [2.24, 2.45) is 5.92 Å². The molecule has 1 fully saturated rings. The molecule has 1 atom stereocenters. The van der Waals surface area contributed by atoms with E-state index in [4.69, 9.17) is 0 Å². The van der Waals surface area contributed by atoms with Gasteiger partial charge < -0.3 is 15.0 Å². The maximum atomic E-state index is 11.8. The van der Waals surface area contributed by atoms with Crippen molar-refractivity contribution in [3.8, 4) is 0 Å². The molecule has 1 unspecified atom stereocenters. The lowest BCUT2D eigenvalue weighted by atomic mass is 9.98. The molecule has 112 valence electrons. The number of hydrogen-bond donors (Lipinski definition) is 1. The third-order valence-electron chi connectivity index (χ3n) is 3.09. The van der Waals surface area contributed by atoms with E-state index in [2.05, 4.69) is 10.1 Å². The van der Waals surface area contributed by atoms with E-state index in [9.17, 15) is 18.0 Å². The van der Waals surface area contributed by atoms with Crippen LogP contribution in [0.2, 0.25) is 0 Å². The van der Waals surface area contributed by atoms with Gasteiger partial charge in [-0.15, -0.1) is 0 Å². The van der Waals surface area contributed by atoms with Gasteiger partial charge in [0.1, 0.15) is 6.61 Å². The molecule has 1 rings (SSSR count). The van der Waals surface area contributed by atoms with Crippen LogP contribution in [0.5, 0.6) is 0 Å². The first-order valence-corrected chi connectivity index (χ1v) is 6.49. The molecule has 0 spiro atoms. The van der Waals surface area contributed by atoms with Gasteiger partial charge in [0.2, 0.25) is 5.91 Å². The molecule has 1 amide bonds. The molecule has 0 radical (unpaired) electrons. The largest absolute Gasteiger partial charge is 0.411 e. The Labute approximate surface area is 111 Å². The maximum Gasteiger partial charge on any atom is 0.411 e. The number of hydrogen-bond acceptors (Lipinski definition) is 3. The molecule has 1 saturated heterocycles. The minimum absolute atomic E-state index is 0.0162. The van der Waals surface area contributed by atoms with Gasteiger partial charge >= 0.3 is 6.18 Å². The van der Waals surface area contributed by atoms with E-state index in [0.717, 1.165) is 19.4 Å². The van der Waals surface area contributed by atoms with Gasteiger partial charge in [-0.3, -0.25) is 4.79 Å². The highest BCUT2D eigenvalue weighted by Gasteiger charge is 2.28. The van der Waals surface area contributed by atoms with Crippen molar-refractivity contribution in [2.45, 2.75) is 25.4 Å². The molecule has 0 aromatic carbocycles. The number of carbonyl (C=O) groups is 1. The Balaban J connectivity index is 2.21. The van der Waals surface area contributed by atoms with E-state index in [0.29, 0.717) is 19.0 Å². The molecule has 1 heterocycles. The quantitative estimate of drug-likeness (QED) is 0.749. The summed E-state index contributed by atoms with van der Waals surface area (Å²) in [5, 5.41) is 3.08. The number of halogens is 3. The highest BCUT2D eigenvalue weighted by atomic mass is 19.4. The fraction of sp³-hybridized carbons (Fsp3) is 0.917. The molecule has 1 N–H and O–H groups in total. The Morgan fingerprint density at radius 1 is 1.47 bits per heavy atom. The Kier molecular flexibility index (Phi) is 6.57. The predicted molar refractivity (Wildman–Crippen MR) is 64.7 cm³/mol. The average Bonchev–Trinajstić information content (AvgIpc) is 2.34. The molecular weight excluding hydrogens is 261 g/mol. The van der Waals surface area contributed by atoms with Crippen LogP contribution >= 0.6 is 0 Å². The summed E-state index contributed by atoms with van der Waals surface area (Å²) in [4.78, 5) is 13.5. The van der Waals surface area contributed by atoms with Gasteiger partial charge in [0.15, 0.2) is 0 Å². The lowest BCUT2D eigenvalue weighted by molar-refractivity contribution is -0.175. The van der Waals surface area contributed by atoms with Crippen LogP contribution in [-0.4, -0.2) is 56.9 Å². The number of nitrogens with zero attached hydrogens (tertiary/aromatic N) is 1. The van der Waals surface area contributed by atoms with E-state index < -0.39 is 12.8 Å². The first-order valence-electron chi connectivity index (χ1n) is 6.49. The fourth-order valence-electron chi connectivity index (χ4n) is 2.25. The summed E-state index contributed by atoms with van der Waals surface area (Å²) in [5.74, 6) is 0.307. The van der Waals surface area contributed by atoms with Crippen LogP contribution in [0, 0.1) is 5.92 Å².